The Hall–Kier alpha value is -1.34. The number of nitrogens with one attached hydrogen (secondary N) is 2. The van der Waals surface area contributed by atoms with E-state index in [9.17, 15) is 9.59 Å². The van der Waals surface area contributed by atoms with Gasteiger partial charge in [0.2, 0.25) is 0 Å². The number of rotatable bonds is 7. The number of aliphatic carboxylic acids is 1. The van der Waals surface area contributed by atoms with Crippen LogP contribution in [-0.2, 0) is 9.53 Å². The van der Waals surface area contributed by atoms with Gasteiger partial charge in [0.25, 0.3) is 0 Å². The number of carboxylic acids is 1. The highest BCUT2D eigenvalue weighted by Gasteiger charge is 2.20. The van der Waals surface area contributed by atoms with Gasteiger partial charge in [-0.15, -0.1) is 0 Å². The fourth-order valence-electron chi connectivity index (χ4n) is 2.14. The summed E-state index contributed by atoms with van der Waals surface area (Å²) in [5.41, 5.74) is 0. The Morgan fingerprint density at radius 1 is 1.45 bits per heavy atom. The van der Waals surface area contributed by atoms with E-state index in [1.54, 1.807) is 0 Å². The molecule has 2 unspecified atom stereocenters. The second kappa shape index (κ2) is 8.76. The predicted molar refractivity (Wildman–Crippen MR) is 74.7 cm³/mol. The molecule has 0 aliphatic carbocycles. The molecule has 0 aromatic rings. The van der Waals surface area contributed by atoms with Crippen LogP contribution in [-0.4, -0.2) is 66.9 Å². The van der Waals surface area contributed by atoms with Gasteiger partial charge in [-0.2, -0.15) is 0 Å². The molecule has 7 nitrogen and oxygen atoms in total. The number of urea groups is 1. The highest BCUT2D eigenvalue weighted by molar-refractivity contribution is 5.75. The van der Waals surface area contributed by atoms with Crippen LogP contribution in [0, 0.1) is 0 Å². The first-order chi connectivity index (χ1) is 9.55. The van der Waals surface area contributed by atoms with Gasteiger partial charge < -0.3 is 20.5 Å². The van der Waals surface area contributed by atoms with Gasteiger partial charge in [0.05, 0.1) is 19.1 Å². The molecular weight excluding hydrogens is 262 g/mol. The molecule has 1 aliphatic heterocycles. The topological polar surface area (TPSA) is 90.9 Å². The van der Waals surface area contributed by atoms with E-state index in [1.807, 2.05) is 6.92 Å². The van der Waals surface area contributed by atoms with Crippen molar-refractivity contribution < 1.29 is 19.4 Å². The Morgan fingerprint density at radius 3 is 2.80 bits per heavy atom. The summed E-state index contributed by atoms with van der Waals surface area (Å²) in [6.45, 7) is 7.77. The lowest BCUT2D eigenvalue weighted by Gasteiger charge is -2.32. The van der Waals surface area contributed by atoms with Gasteiger partial charge in [-0.05, 0) is 13.0 Å². The molecule has 1 saturated heterocycles. The average molecular weight is 287 g/mol. The van der Waals surface area contributed by atoms with E-state index in [0.717, 1.165) is 19.6 Å². The van der Waals surface area contributed by atoms with Crippen molar-refractivity contribution in [1.29, 1.82) is 0 Å². The van der Waals surface area contributed by atoms with Crippen LogP contribution in [0.4, 0.5) is 4.79 Å². The van der Waals surface area contributed by atoms with Crippen LogP contribution < -0.4 is 10.6 Å². The maximum atomic E-state index is 11.7. The van der Waals surface area contributed by atoms with Crippen molar-refractivity contribution in [3.05, 3.63) is 0 Å². The molecule has 20 heavy (non-hydrogen) atoms. The van der Waals surface area contributed by atoms with Gasteiger partial charge >= 0.3 is 12.0 Å². The summed E-state index contributed by atoms with van der Waals surface area (Å²) in [6.07, 6.45) is 0.519. The molecule has 0 aromatic heterocycles. The number of carbonyl (C=O) groups excluding carboxylic acids is 1. The fourth-order valence-corrected chi connectivity index (χ4v) is 2.14. The molecule has 2 atom stereocenters. The predicted octanol–water partition coefficient (Wildman–Crippen LogP) is 0.260. The standard InChI is InChI=1S/C13H25N3O4/c1-3-10(7-12(17)18)15-13(19)14-8-11-9-16(4-2)5-6-20-11/h10-11H,3-9H2,1-2H3,(H,17,18)(H2,14,15,19). The summed E-state index contributed by atoms with van der Waals surface area (Å²) >= 11 is 0. The summed E-state index contributed by atoms with van der Waals surface area (Å²) in [5, 5.41) is 14.1. The van der Waals surface area contributed by atoms with Crippen molar-refractivity contribution >= 4 is 12.0 Å². The first kappa shape index (κ1) is 16.7. The van der Waals surface area contributed by atoms with Gasteiger partial charge in [0.15, 0.2) is 0 Å². The van der Waals surface area contributed by atoms with Crippen molar-refractivity contribution in [2.24, 2.45) is 0 Å². The summed E-state index contributed by atoms with van der Waals surface area (Å²) in [6, 6.07) is -0.678. The van der Waals surface area contributed by atoms with Crippen LogP contribution in [0.1, 0.15) is 26.7 Å². The Labute approximate surface area is 119 Å². The number of carboxylic acid groups (broad SMARTS) is 1. The number of carbonyl (C=O) groups is 2. The molecule has 116 valence electrons. The van der Waals surface area contributed by atoms with Gasteiger partial charge in [-0.25, -0.2) is 4.79 Å². The van der Waals surface area contributed by atoms with Crippen LogP contribution in [0.25, 0.3) is 0 Å². The lowest BCUT2D eigenvalue weighted by molar-refractivity contribution is -0.137. The van der Waals surface area contributed by atoms with Crippen molar-refractivity contribution in [2.75, 3.05) is 32.8 Å². The zero-order chi connectivity index (χ0) is 15.0. The largest absolute Gasteiger partial charge is 0.481 e. The number of morpholine rings is 1. The normalized spacial score (nSPS) is 21.2. The molecule has 2 amide bonds. The number of nitrogens with zero attached hydrogens (tertiary/aromatic N) is 1. The average Bonchev–Trinajstić information content (AvgIpc) is 2.44. The van der Waals surface area contributed by atoms with Gasteiger partial charge in [0, 0.05) is 25.7 Å². The lowest BCUT2D eigenvalue weighted by atomic mass is 10.1. The quantitative estimate of drug-likeness (QED) is 0.625. The van der Waals surface area contributed by atoms with Crippen LogP contribution in [0.15, 0.2) is 0 Å². The Bertz CT molecular complexity index is 325. The van der Waals surface area contributed by atoms with Crippen LogP contribution in [0.2, 0.25) is 0 Å². The molecule has 1 aliphatic rings. The molecule has 3 N–H and O–H groups in total. The number of likely N-dealkylation sites (N-methyl/N-ethyl adjacent to an activating group) is 1. The number of hydrogen-bond donors (Lipinski definition) is 3. The second-order valence-electron chi connectivity index (χ2n) is 4.94. The van der Waals surface area contributed by atoms with E-state index in [0.29, 0.717) is 19.6 Å². The number of hydrogen-bond acceptors (Lipinski definition) is 4. The van der Waals surface area contributed by atoms with Crippen molar-refractivity contribution in [3.8, 4) is 0 Å². The van der Waals surface area contributed by atoms with E-state index >= 15 is 0 Å². The molecule has 1 rings (SSSR count). The molecule has 0 spiro atoms. The van der Waals surface area contributed by atoms with Crippen molar-refractivity contribution in [1.82, 2.24) is 15.5 Å². The Balaban J connectivity index is 2.26. The van der Waals surface area contributed by atoms with Crippen LogP contribution >= 0.6 is 0 Å². The highest BCUT2D eigenvalue weighted by Crippen LogP contribution is 2.03. The fraction of sp³-hybridized carbons (Fsp3) is 0.846. The second-order valence-corrected chi connectivity index (χ2v) is 4.94. The number of ether oxygens (including phenoxy) is 1. The third-order valence-electron chi connectivity index (χ3n) is 3.41. The molecule has 7 heteroatoms. The van der Waals surface area contributed by atoms with Crippen LogP contribution in [0.5, 0.6) is 0 Å². The van der Waals surface area contributed by atoms with Gasteiger partial charge in [-0.3, -0.25) is 9.69 Å². The minimum Gasteiger partial charge on any atom is -0.481 e. The third-order valence-corrected chi connectivity index (χ3v) is 3.41. The minimum atomic E-state index is -0.911. The van der Waals surface area contributed by atoms with E-state index in [1.165, 1.54) is 0 Å². The number of amides is 2. The SMILES string of the molecule is CCC(CC(=O)O)NC(=O)NCC1CN(CC)CCO1. The van der Waals surface area contributed by atoms with Crippen molar-refractivity contribution in [3.63, 3.8) is 0 Å². The zero-order valence-electron chi connectivity index (χ0n) is 12.2. The third kappa shape index (κ3) is 6.21. The first-order valence-corrected chi connectivity index (χ1v) is 7.15. The molecule has 1 fully saturated rings. The maximum absolute atomic E-state index is 11.7. The van der Waals surface area contributed by atoms with E-state index < -0.39 is 5.97 Å². The lowest BCUT2D eigenvalue weighted by Crippen LogP contribution is -2.50. The zero-order valence-corrected chi connectivity index (χ0v) is 12.2. The maximum Gasteiger partial charge on any atom is 0.315 e. The summed E-state index contributed by atoms with van der Waals surface area (Å²) in [5.74, 6) is -0.911. The summed E-state index contributed by atoms with van der Waals surface area (Å²) in [7, 11) is 0. The monoisotopic (exact) mass is 287 g/mol. The van der Waals surface area contributed by atoms with E-state index in [4.69, 9.17) is 9.84 Å². The Morgan fingerprint density at radius 2 is 2.20 bits per heavy atom. The molecule has 1 heterocycles. The molecular formula is C13H25N3O4. The molecule has 0 saturated carbocycles. The van der Waals surface area contributed by atoms with Gasteiger partial charge in [-0.1, -0.05) is 13.8 Å². The summed E-state index contributed by atoms with van der Waals surface area (Å²) in [4.78, 5) is 24.6. The van der Waals surface area contributed by atoms with E-state index in [2.05, 4.69) is 22.5 Å². The van der Waals surface area contributed by atoms with E-state index in [-0.39, 0.29) is 24.6 Å². The summed E-state index contributed by atoms with van der Waals surface area (Å²) < 4.78 is 5.58. The van der Waals surface area contributed by atoms with Gasteiger partial charge in [0.1, 0.15) is 0 Å². The van der Waals surface area contributed by atoms with Crippen molar-refractivity contribution in [2.45, 2.75) is 38.8 Å². The van der Waals surface area contributed by atoms with Crippen LogP contribution in [0.3, 0.4) is 0 Å². The Kier molecular flexibility index (Phi) is 7.32. The molecule has 0 radical (unpaired) electrons. The molecule has 0 aromatic carbocycles. The highest BCUT2D eigenvalue weighted by atomic mass is 16.5. The smallest absolute Gasteiger partial charge is 0.315 e. The molecule has 0 bridgehead atoms. The minimum absolute atomic E-state index is 0.00556. The first-order valence-electron chi connectivity index (χ1n) is 7.15.